The molecule has 0 unspecified atom stereocenters. The van der Waals surface area contributed by atoms with Gasteiger partial charge in [-0.15, -0.1) is 11.6 Å². The van der Waals surface area contributed by atoms with E-state index in [0.717, 1.165) is 0 Å². The highest BCUT2D eigenvalue weighted by Crippen LogP contribution is 2.19. The highest BCUT2D eigenvalue weighted by atomic mass is 35.5. The number of amides is 1. The molecule has 1 amide bonds. The van der Waals surface area contributed by atoms with E-state index in [9.17, 15) is 13.6 Å². The van der Waals surface area contributed by atoms with Gasteiger partial charge in [-0.25, -0.2) is 0 Å². The summed E-state index contributed by atoms with van der Waals surface area (Å²) in [4.78, 5) is 11.5. The zero-order valence-electron chi connectivity index (χ0n) is 8.25. The number of ether oxygens (including phenoxy) is 1. The Morgan fingerprint density at radius 3 is 2.75 bits per heavy atom. The normalized spacial score (nSPS) is 10.2. The molecule has 1 N–H and O–H groups in total. The summed E-state index contributed by atoms with van der Waals surface area (Å²) in [5, 5.41) is 2.47. The fraction of sp³-hybridized carbons (Fsp3) is 0.300. The number of rotatable bonds is 5. The summed E-state index contributed by atoms with van der Waals surface area (Å²) < 4.78 is 28.3. The molecule has 3 nitrogen and oxygen atoms in total. The lowest BCUT2D eigenvalue weighted by Crippen LogP contribution is -2.26. The first-order chi connectivity index (χ1) is 7.65. The van der Waals surface area contributed by atoms with Gasteiger partial charge in [0.05, 0.1) is 5.56 Å². The van der Waals surface area contributed by atoms with E-state index in [2.05, 4.69) is 10.1 Å². The third-order valence-corrected chi connectivity index (χ3v) is 1.92. The molecule has 1 rings (SSSR count). The summed E-state index contributed by atoms with van der Waals surface area (Å²) in [6.45, 7) is -2.69. The standard InChI is InChI=1S/C10H10ClF2NO2/c11-5-6-14-9(15)7-3-1-2-4-8(7)16-10(12)13/h1-4,10H,5-6H2,(H,14,15). The molecule has 0 aliphatic rings. The quantitative estimate of drug-likeness (QED) is 0.813. The monoisotopic (exact) mass is 249 g/mol. The number of para-hydroxylation sites is 1. The molecule has 0 aliphatic heterocycles. The molecule has 0 spiro atoms. The van der Waals surface area contributed by atoms with Crippen LogP contribution in [0.15, 0.2) is 24.3 Å². The maximum Gasteiger partial charge on any atom is 0.387 e. The molecular weight excluding hydrogens is 240 g/mol. The molecule has 6 heteroatoms. The first-order valence-corrected chi connectivity index (χ1v) is 5.06. The molecule has 0 heterocycles. The third-order valence-electron chi connectivity index (χ3n) is 1.73. The predicted molar refractivity (Wildman–Crippen MR) is 56.1 cm³/mol. The van der Waals surface area contributed by atoms with Crippen LogP contribution in [0.1, 0.15) is 10.4 Å². The van der Waals surface area contributed by atoms with Crippen molar-refractivity contribution in [1.29, 1.82) is 0 Å². The van der Waals surface area contributed by atoms with Gasteiger partial charge in [-0.3, -0.25) is 4.79 Å². The molecular formula is C10H10ClF2NO2. The first kappa shape index (κ1) is 12.7. The molecule has 0 saturated heterocycles. The van der Waals surface area contributed by atoms with E-state index < -0.39 is 12.5 Å². The zero-order chi connectivity index (χ0) is 12.0. The Kier molecular flexibility index (Phi) is 4.98. The van der Waals surface area contributed by atoms with Crippen LogP contribution in [0, 0.1) is 0 Å². The van der Waals surface area contributed by atoms with Crippen LogP contribution in [0.3, 0.4) is 0 Å². The number of hydrogen-bond acceptors (Lipinski definition) is 2. The molecule has 0 aliphatic carbocycles. The van der Waals surface area contributed by atoms with Crippen molar-refractivity contribution in [2.24, 2.45) is 0 Å². The van der Waals surface area contributed by atoms with Crippen molar-refractivity contribution in [2.45, 2.75) is 6.61 Å². The molecule has 0 radical (unpaired) electrons. The second kappa shape index (κ2) is 6.27. The lowest BCUT2D eigenvalue weighted by atomic mass is 10.2. The van der Waals surface area contributed by atoms with Gasteiger partial charge in [0.2, 0.25) is 0 Å². The maximum absolute atomic E-state index is 12.0. The SMILES string of the molecule is O=C(NCCCl)c1ccccc1OC(F)F. The number of nitrogens with one attached hydrogen (secondary N) is 1. The van der Waals surface area contributed by atoms with E-state index in [-0.39, 0.29) is 23.7 Å². The minimum atomic E-state index is -2.96. The number of benzene rings is 1. The second-order valence-electron chi connectivity index (χ2n) is 2.82. The Labute approximate surface area is 96.4 Å². The largest absolute Gasteiger partial charge is 0.434 e. The minimum absolute atomic E-state index is 0.0629. The van der Waals surface area contributed by atoms with E-state index in [0.29, 0.717) is 0 Å². The van der Waals surface area contributed by atoms with E-state index in [4.69, 9.17) is 11.6 Å². The Bertz CT molecular complexity index is 360. The van der Waals surface area contributed by atoms with Crippen molar-refractivity contribution in [1.82, 2.24) is 5.32 Å². The van der Waals surface area contributed by atoms with Gasteiger partial charge in [0, 0.05) is 12.4 Å². The Morgan fingerprint density at radius 1 is 1.44 bits per heavy atom. The van der Waals surface area contributed by atoms with Crippen LogP contribution in [0.25, 0.3) is 0 Å². The number of carbonyl (C=O) groups is 1. The van der Waals surface area contributed by atoms with Crippen LogP contribution in [0.5, 0.6) is 5.75 Å². The lowest BCUT2D eigenvalue weighted by Gasteiger charge is -2.09. The van der Waals surface area contributed by atoms with E-state index in [1.165, 1.54) is 18.2 Å². The van der Waals surface area contributed by atoms with Crippen LogP contribution < -0.4 is 10.1 Å². The van der Waals surface area contributed by atoms with Gasteiger partial charge in [-0.2, -0.15) is 8.78 Å². The second-order valence-corrected chi connectivity index (χ2v) is 3.20. The van der Waals surface area contributed by atoms with Crippen molar-refractivity contribution in [3.63, 3.8) is 0 Å². The number of hydrogen-bond donors (Lipinski definition) is 1. The van der Waals surface area contributed by atoms with Gasteiger partial charge in [0.1, 0.15) is 5.75 Å². The van der Waals surface area contributed by atoms with Crippen molar-refractivity contribution < 1.29 is 18.3 Å². The summed E-state index contributed by atoms with van der Waals surface area (Å²) in [6, 6.07) is 5.78. The molecule has 0 aromatic heterocycles. The van der Waals surface area contributed by atoms with Crippen LogP contribution in [0.2, 0.25) is 0 Å². The Balaban J connectivity index is 2.81. The molecule has 0 atom stereocenters. The summed E-state index contributed by atoms with van der Waals surface area (Å²) in [5.74, 6) is -0.384. The highest BCUT2D eigenvalue weighted by Gasteiger charge is 2.14. The van der Waals surface area contributed by atoms with Crippen molar-refractivity contribution in [3.05, 3.63) is 29.8 Å². The molecule has 1 aromatic carbocycles. The Hall–Kier alpha value is -1.36. The zero-order valence-corrected chi connectivity index (χ0v) is 9.01. The predicted octanol–water partition coefficient (Wildman–Crippen LogP) is 2.26. The van der Waals surface area contributed by atoms with Crippen LogP contribution >= 0.6 is 11.6 Å². The van der Waals surface area contributed by atoms with Gasteiger partial charge in [0.15, 0.2) is 0 Å². The topological polar surface area (TPSA) is 38.3 Å². The third kappa shape index (κ3) is 3.66. The van der Waals surface area contributed by atoms with E-state index >= 15 is 0 Å². The van der Waals surface area contributed by atoms with Gasteiger partial charge in [-0.05, 0) is 12.1 Å². The average Bonchev–Trinajstić information content (AvgIpc) is 2.26. The fourth-order valence-corrected chi connectivity index (χ4v) is 1.20. The van der Waals surface area contributed by atoms with Crippen molar-refractivity contribution >= 4 is 17.5 Å². The number of carbonyl (C=O) groups excluding carboxylic acids is 1. The average molecular weight is 250 g/mol. The van der Waals surface area contributed by atoms with Crippen molar-refractivity contribution in [2.75, 3.05) is 12.4 Å². The van der Waals surface area contributed by atoms with Crippen LogP contribution in [-0.4, -0.2) is 24.9 Å². The molecule has 0 bridgehead atoms. The Morgan fingerprint density at radius 2 is 2.12 bits per heavy atom. The molecule has 0 saturated carbocycles. The van der Waals surface area contributed by atoms with Crippen LogP contribution in [0.4, 0.5) is 8.78 Å². The van der Waals surface area contributed by atoms with Gasteiger partial charge >= 0.3 is 6.61 Å². The maximum atomic E-state index is 12.0. The minimum Gasteiger partial charge on any atom is -0.434 e. The smallest absolute Gasteiger partial charge is 0.387 e. The van der Waals surface area contributed by atoms with E-state index in [1.807, 2.05) is 0 Å². The highest BCUT2D eigenvalue weighted by molar-refractivity contribution is 6.18. The van der Waals surface area contributed by atoms with Gasteiger partial charge in [-0.1, -0.05) is 12.1 Å². The summed E-state index contributed by atoms with van der Waals surface area (Å²) in [5.41, 5.74) is 0.0629. The molecule has 0 fully saturated rings. The lowest BCUT2D eigenvalue weighted by molar-refractivity contribution is -0.0501. The number of alkyl halides is 3. The first-order valence-electron chi connectivity index (χ1n) is 4.53. The van der Waals surface area contributed by atoms with Crippen molar-refractivity contribution in [3.8, 4) is 5.75 Å². The molecule has 1 aromatic rings. The number of halogens is 3. The molecule has 88 valence electrons. The fourth-order valence-electron chi connectivity index (χ4n) is 1.11. The van der Waals surface area contributed by atoms with Gasteiger partial charge in [0.25, 0.3) is 5.91 Å². The van der Waals surface area contributed by atoms with Gasteiger partial charge < -0.3 is 10.1 Å². The summed E-state index contributed by atoms with van der Waals surface area (Å²) in [7, 11) is 0. The summed E-state index contributed by atoms with van der Waals surface area (Å²) >= 11 is 5.39. The molecule has 16 heavy (non-hydrogen) atoms. The summed E-state index contributed by atoms with van der Waals surface area (Å²) in [6.07, 6.45) is 0. The van der Waals surface area contributed by atoms with E-state index in [1.54, 1.807) is 6.07 Å². The van der Waals surface area contributed by atoms with Crippen LogP contribution in [-0.2, 0) is 0 Å².